The molecular formula is C26H49NO6. The molecule has 0 aliphatic carbocycles. The highest BCUT2D eigenvalue weighted by molar-refractivity contribution is 5.97. The molecule has 1 N–H and O–H groups in total. The Morgan fingerprint density at radius 2 is 0.758 bits per heavy atom. The zero-order chi connectivity index (χ0) is 25.5. The summed E-state index contributed by atoms with van der Waals surface area (Å²) in [6, 6.07) is 0. The molecule has 0 aliphatic rings. The number of rotatable bonds is 18. The van der Waals surface area contributed by atoms with Gasteiger partial charge in [-0.25, -0.2) is 14.4 Å². The Morgan fingerprint density at radius 1 is 0.545 bits per heavy atom. The van der Waals surface area contributed by atoms with Gasteiger partial charge in [-0.3, -0.25) is 0 Å². The van der Waals surface area contributed by atoms with Crippen LogP contribution in [-0.2, 0) is 14.4 Å². The van der Waals surface area contributed by atoms with E-state index in [9.17, 15) is 14.4 Å². The maximum absolute atomic E-state index is 13.0. The van der Waals surface area contributed by atoms with Gasteiger partial charge >= 0.3 is 17.7 Å². The summed E-state index contributed by atoms with van der Waals surface area (Å²) in [5.41, 5.74) is 0. The fraction of sp³-hybridized carbons (Fsp3) is 0.846. The minimum atomic E-state index is -2.08. The number of unbranched alkanes of at least 4 members (excludes halogenated alkanes) is 12. The first kappa shape index (κ1) is 33.4. The molecular weight excluding hydrogens is 422 g/mol. The van der Waals surface area contributed by atoms with Gasteiger partial charge in [-0.1, -0.05) is 97.8 Å². The fourth-order valence-corrected chi connectivity index (χ4v) is 3.73. The third-order valence-electron chi connectivity index (χ3n) is 5.98. The first-order valence-corrected chi connectivity index (χ1v) is 13.0. The lowest BCUT2D eigenvalue weighted by molar-refractivity contribution is -0.681. The summed E-state index contributed by atoms with van der Waals surface area (Å²) in [5.74, 6) is -0.587. The summed E-state index contributed by atoms with van der Waals surface area (Å²) < 4.78 is -0.602. The Labute approximate surface area is 201 Å². The number of carbonyl (C=O) groups is 4. The predicted octanol–water partition coefficient (Wildman–Crippen LogP) is 5.98. The van der Waals surface area contributed by atoms with E-state index in [2.05, 4.69) is 20.8 Å². The van der Waals surface area contributed by atoms with Gasteiger partial charge in [0.15, 0.2) is 0 Å². The monoisotopic (exact) mass is 471 g/mol. The van der Waals surface area contributed by atoms with Crippen molar-refractivity contribution in [2.45, 2.75) is 136 Å². The van der Waals surface area contributed by atoms with Crippen molar-refractivity contribution in [3.8, 4) is 0 Å². The minimum absolute atomic E-state index is 0.196. The molecule has 0 aromatic heterocycles. The third kappa shape index (κ3) is 17.4. The molecule has 33 heavy (non-hydrogen) atoms. The molecule has 0 unspecified atom stereocenters. The van der Waals surface area contributed by atoms with Crippen LogP contribution in [0.25, 0.3) is 0 Å². The van der Waals surface area contributed by atoms with Gasteiger partial charge in [0.2, 0.25) is 6.16 Å². The van der Waals surface area contributed by atoms with Crippen LogP contribution in [0, 0.1) is 0 Å². The molecule has 0 saturated heterocycles. The summed E-state index contributed by atoms with van der Waals surface area (Å²) in [7, 11) is 1.57. The lowest BCUT2D eigenvalue weighted by Gasteiger charge is -2.26. The van der Waals surface area contributed by atoms with Crippen LogP contribution in [0.1, 0.15) is 136 Å². The molecule has 0 bridgehead atoms. The van der Waals surface area contributed by atoms with Gasteiger partial charge in [0, 0.05) is 0 Å². The third-order valence-corrected chi connectivity index (χ3v) is 5.98. The Bertz CT molecular complexity index is 478. The second kappa shape index (κ2) is 22.1. The molecule has 0 aromatic rings. The van der Waals surface area contributed by atoms with E-state index < -0.39 is 10.6 Å². The number of amides is 3. The van der Waals surface area contributed by atoms with Gasteiger partial charge in [-0.15, -0.1) is 4.48 Å². The Hall–Kier alpha value is -1.76. The van der Waals surface area contributed by atoms with Crippen molar-refractivity contribution in [2.24, 2.45) is 0 Å². The number of carboxylic acid groups (broad SMARTS) is 2. The Kier molecular flexibility index (Phi) is 22.3. The van der Waals surface area contributed by atoms with E-state index in [-0.39, 0.29) is 17.7 Å². The second-order valence-electron chi connectivity index (χ2n) is 8.95. The Morgan fingerprint density at radius 3 is 0.970 bits per heavy atom. The van der Waals surface area contributed by atoms with Crippen molar-refractivity contribution in [3.05, 3.63) is 0 Å². The summed E-state index contributed by atoms with van der Waals surface area (Å²) in [5, 5.41) is 15.3. The molecule has 3 amide bonds. The van der Waals surface area contributed by atoms with Gasteiger partial charge in [0.1, 0.15) is 0 Å². The zero-order valence-electron chi connectivity index (χ0n) is 21.7. The molecule has 0 atom stereocenters. The number of nitrogens with zero attached hydrogens (tertiary/aromatic N) is 1. The second-order valence-corrected chi connectivity index (χ2v) is 8.95. The topological polar surface area (TPSA) is 112 Å². The Balaban J connectivity index is 0. The molecule has 194 valence electrons. The fourth-order valence-electron chi connectivity index (χ4n) is 3.73. The van der Waals surface area contributed by atoms with Crippen LogP contribution in [0.4, 0.5) is 4.79 Å². The summed E-state index contributed by atoms with van der Waals surface area (Å²) in [6.45, 7) is 6.49. The maximum atomic E-state index is 13.0. The number of carbonyl (C=O) groups excluding carboxylic acids is 3. The van der Waals surface area contributed by atoms with E-state index in [1.54, 1.807) is 7.05 Å². The van der Waals surface area contributed by atoms with Crippen LogP contribution >= 0.6 is 0 Å². The number of hydrogen-bond acceptors (Lipinski definition) is 5. The smallest absolute Gasteiger partial charge is 0.328 e. The average Bonchev–Trinajstić information content (AvgIpc) is 2.77. The van der Waals surface area contributed by atoms with Crippen molar-refractivity contribution in [1.82, 2.24) is 0 Å². The highest BCUT2D eigenvalue weighted by atomic mass is 16.6. The summed E-state index contributed by atoms with van der Waals surface area (Å²) in [6.07, 6.45) is 14.6. The van der Waals surface area contributed by atoms with Crippen molar-refractivity contribution >= 4 is 23.9 Å². The molecule has 0 fully saturated rings. The summed E-state index contributed by atoms with van der Waals surface area (Å²) >= 11 is 0. The van der Waals surface area contributed by atoms with E-state index in [0.29, 0.717) is 19.3 Å². The quantitative estimate of drug-likeness (QED) is 0.194. The molecule has 0 aromatic carbocycles. The predicted molar refractivity (Wildman–Crippen MR) is 129 cm³/mol. The molecule has 0 radical (unpaired) electrons. The molecule has 0 spiro atoms. The van der Waals surface area contributed by atoms with Gasteiger partial charge in [0.25, 0.3) is 0 Å². The molecule has 0 saturated carbocycles. The first-order chi connectivity index (χ1) is 15.7. The van der Waals surface area contributed by atoms with E-state index in [4.69, 9.17) is 15.0 Å². The van der Waals surface area contributed by atoms with Crippen LogP contribution in [-0.4, -0.2) is 40.5 Å². The first-order valence-electron chi connectivity index (χ1n) is 13.0. The van der Waals surface area contributed by atoms with Crippen LogP contribution in [0.2, 0.25) is 0 Å². The van der Waals surface area contributed by atoms with Crippen LogP contribution in [0.15, 0.2) is 0 Å². The lowest BCUT2D eigenvalue weighted by Crippen LogP contribution is -2.57. The lowest BCUT2D eigenvalue weighted by atomic mass is 10.1. The number of hydrogen-bond donors (Lipinski definition) is 1. The van der Waals surface area contributed by atoms with Crippen molar-refractivity contribution in [2.75, 3.05) is 7.05 Å². The zero-order valence-corrected chi connectivity index (χ0v) is 21.7. The van der Waals surface area contributed by atoms with Gasteiger partial charge in [0.05, 0.1) is 26.3 Å². The average molecular weight is 472 g/mol. The molecule has 7 nitrogen and oxygen atoms in total. The maximum Gasteiger partial charge on any atom is 0.328 e. The van der Waals surface area contributed by atoms with E-state index in [1.807, 2.05) is 0 Å². The largest absolute Gasteiger partial charge is 0.565 e. The number of quaternary nitrogens is 1. The normalized spacial score (nSPS) is 10.9. The molecule has 0 aliphatic heterocycles. The van der Waals surface area contributed by atoms with Crippen LogP contribution in [0.5, 0.6) is 0 Å². The van der Waals surface area contributed by atoms with Gasteiger partial charge in [-0.05, 0) is 19.3 Å². The summed E-state index contributed by atoms with van der Waals surface area (Å²) in [4.78, 5) is 47.4. The highest BCUT2D eigenvalue weighted by Crippen LogP contribution is 2.20. The van der Waals surface area contributed by atoms with Crippen molar-refractivity contribution in [1.29, 1.82) is 0 Å². The van der Waals surface area contributed by atoms with E-state index >= 15 is 0 Å². The SMILES string of the molecule is CCCCCCCC(=O)[N+](C)(C(=O)CCCCCCC)C(=O)CCCCCCC.O=C([O-])O. The standard InChI is InChI=1S/C25H48NO3.CH2O3/c1-5-8-11-14-17-20-23(27)26(4,24(28)21-18-15-12-9-6-2)25(29)22-19-16-13-10-7-3;2-1(3)4/h5-22H2,1-4H3;(H2,2,3,4)/q+1;/p-1. The number of imide groups is 3. The minimum Gasteiger partial charge on any atom is -0.565 e. The van der Waals surface area contributed by atoms with E-state index in [0.717, 1.165) is 77.0 Å². The van der Waals surface area contributed by atoms with Crippen molar-refractivity contribution < 1.29 is 33.9 Å². The van der Waals surface area contributed by atoms with Crippen molar-refractivity contribution in [3.63, 3.8) is 0 Å². The van der Waals surface area contributed by atoms with Gasteiger partial charge in [-0.2, -0.15) is 0 Å². The highest BCUT2D eigenvalue weighted by Gasteiger charge is 2.45. The van der Waals surface area contributed by atoms with Crippen LogP contribution in [0.3, 0.4) is 0 Å². The van der Waals surface area contributed by atoms with E-state index in [1.165, 1.54) is 19.3 Å². The van der Waals surface area contributed by atoms with Gasteiger partial charge < -0.3 is 15.0 Å². The molecule has 0 rings (SSSR count). The molecule has 7 heteroatoms. The molecule has 0 heterocycles. The van der Waals surface area contributed by atoms with Crippen LogP contribution < -0.4 is 5.11 Å².